The lowest BCUT2D eigenvalue weighted by molar-refractivity contribution is 0.0598. The average molecular weight is 391 g/mol. The van der Waals surface area contributed by atoms with Crippen molar-refractivity contribution in [2.24, 2.45) is 0 Å². The number of hydrogen-bond acceptors (Lipinski definition) is 5. The Kier molecular flexibility index (Phi) is 4.72. The summed E-state index contributed by atoms with van der Waals surface area (Å²) in [6.45, 7) is 8.27. The Bertz CT molecular complexity index is 981. The van der Waals surface area contributed by atoms with Crippen molar-refractivity contribution in [2.75, 3.05) is 12.1 Å². The normalized spacial score (nSPS) is 15.9. The van der Waals surface area contributed by atoms with Crippen molar-refractivity contribution in [1.29, 1.82) is 0 Å². The molecule has 1 N–H and O–H groups in total. The number of phenolic OH excluding ortho intramolecular Hbond substituents is 1. The Labute approximate surface area is 162 Å². The molecule has 0 amide bonds. The van der Waals surface area contributed by atoms with Gasteiger partial charge in [-0.15, -0.1) is 0 Å². The van der Waals surface area contributed by atoms with Crippen molar-refractivity contribution in [3.8, 4) is 17.0 Å². The van der Waals surface area contributed by atoms with Crippen LogP contribution in [0.3, 0.4) is 0 Å². The van der Waals surface area contributed by atoms with E-state index in [1.807, 2.05) is 11.6 Å². The highest BCUT2D eigenvalue weighted by atomic mass is 35.5. The number of methoxy groups -OCH3 is 1. The second-order valence-corrected chi connectivity index (χ2v) is 7.76. The molecule has 2 heterocycles. The number of pyridine rings is 1. The van der Waals surface area contributed by atoms with E-state index in [1.165, 1.54) is 19.4 Å². The summed E-state index contributed by atoms with van der Waals surface area (Å²) < 4.78 is 6.59. The van der Waals surface area contributed by atoms with Gasteiger partial charge in [-0.25, -0.2) is 4.79 Å². The number of phenols is 1. The molecule has 1 aliphatic rings. The number of esters is 1. The number of fused-ring (bicyclic) bond motifs is 3. The van der Waals surface area contributed by atoms with Crippen molar-refractivity contribution in [2.45, 2.75) is 45.7 Å². The van der Waals surface area contributed by atoms with Gasteiger partial charge in [-0.2, -0.15) is 0 Å². The fourth-order valence-electron chi connectivity index (χ4n) is 3.61. The maximum Gasteiger partial charge on any atom is 0.343 e. The molecule has 6 nitrogen and oxygen atoms in total. The smallest absolute Gasteiger partial charge is 0.343 e. The molecular weight excluding hydrogens is 368 g/mol. The number of ether oxygens (including phenoxy) is 1. The van der Waals surface area contributed by atoms with E-state index in [9.17, 15) is 14.7 Å². The highest BCUT2D eigenvalue weighted by Crippen LogP contribution is 2.43. The number of halogens is 1. The number of carbonyl (C=O) groups is 1. The van der Waals surface area contributed by atoms with E-state index >= 15 is 0 Å². The quantitative estimate of drug-likeness (QED) is 0.805. The lowest BCUT2D eigenvalue weighted by atomic mass is 9.90. The molecule has 2 aromatic rings. The van der Waals surface area contributed by atoms with Crippen molar-refractivity contribution in [3.05, 3.63) is 50.8 Å². The number of hydrogen-bond donors (Lipinski definition) is 1. The summed E-state index contributed by atoms with van der Waals surface area (Å²) in [5, 5.41) is 12.4. The van der Waals surface area contributed by atoms with E-state index in [1.54, 1.807) is 12.1 Å². The Morgan fingerprint density at radius 3 is 2.59 bits per heavy atom. The van der Waals surface area contributed by atoms with Crippen LogP contribution in [0.25, 0.3) is 11.3 Å². The topological polar surface area (TPSA) is 71.8 Å². The molecule has 0 saturated heterocycles. The minimum Gasteiger partial charge on any atom is -0.506 e. The van der Waals surface area contributed by atoms with Gasteiger partial charge in [0.15, 0.2) is 5.43 Å². The van der Waals surface area contributed by atoms with E-state index < -0.39 is 11.4 Å². The van der Waals surface area contributed by atoms with Crippen LogP contribution < -0.4 is 10.4 Å². The zero-order chi connectivity index (χ0) is 20.1. The fraction of sp³-hybridized carbons (Fsp3) is 0.400. The fourth-order valence-corrected chi connectivity index (χ4v) is 3.77. The van der Waals surface area contributed by atoms with Gasteiger partial charge in [-0.05, 0) is 44.9 Å². The van der Waals surface area contributed by atoms with Gasteiger partial charge in [0.05, 0.1) is 29.4 Å². The molecule has 27 heavy (non-hydrogen) atoms. The van der Waals surface area contributed by atoms with E-state index in [0.29, 0.717) is 5.69 Å². The van der Waals surface area contributed by atoms with Gasteiger partial charge in [0.2, 0.25) is 0 Å². The summed E-state index contributed by atoms with van der Waals surface area (Å²) in [7, 11) is 1.25. The van der Waals surface area contributed by atoms with E-state index in [2.05, 4.69) is 25.8 Å². The Morgan fingerprint density at radius 2 is 2.00 bits per heavy atom. The molecule has 0 saturated carbocycles. The first-order chi connectivity index (χ1) is 12.6. The van der Waals surface area contributed by atoms with Crippen molar-refractivity contribution >= 4 is 17.6 Å². The summed E-state index contributed by atoms with van der Waals surface area (Å²) in [4.78, 5) is 24.6. The minimum absolute atomic E-state index is 0.00139. The first-order valence-corrected chi connectivity index (χ1v) is 9.17. The second kappa shape index (κ2) is 6.60. The van der Waals surface area contributed by atoms with E-state index in [4.69, 9.17) is 16.3 Å². The van der Waals surface area contributed by atoms with Crippen LogP contribution in [0.5, 0.6) is 5.75 Å². The number of carbonyl (C=O) groups excluding carboxylic acids is 1. The number of nitrogens with zero attached hydrogens (tertiary/aromatic N) is 2. The third kappa shape index (κ3) is 2.98. The molecule has 0 spiro atoms. The van der Waals surface area contributed by atoms with E-state index in [-0.39, 0.29) is 27.9 Å². The highest BCUT2D eigenvalue weighted by Gasteiger charge is 2.37. The molecule has 0 aliphatic carbocycles. The van der Waals surface area contributed by atoms with Gasteiger partial charge in [-0.3, -0.25) is 9.47 Å². The van der Waals surface area contributed by atoms with Crippen LogP contribution >= 0.6 is 11.6 Å². The minimum atomic E-state index is -0.674. The zero-order valence-corrected chi connectivity index (χ0v) is 16.8. The monoisotopic (exact) mass is 390 g/mol. The molecule has 1 atom stereocenters. The molecule has 0 unspecified atom stereocenters. The van der Waals surface area contributed by atoms with Gasteiger partial charge in [0.1, 0.15) is 11.3 Å². The zero-order valence-electron chi connectivity index (χ0n) is 16.0. The molecule has 0 radical (unpaired) electrons. The molecule has 7 heteroatoms. The Hall–Kier alpha value is -2.47. The number of benzene rings is 1. The van der Waals surface area contributed by atoms with Crippen molar-refractivity contribution in [3.63, 3.8) is 0 Å². The summed E-state index contributed by atoms with van der Waals surface area (Å²) in [5.74, 6) is -0.676. The van der Waals surface area contributed by atoms with Crippen LogP contribution in [0.4, 0.5) is 0 Å². The van der Waals surface area contributed by atoms with Gasteiger partial charge >= 0.3 is 5.97 Å². The maximum atomic E-state index is 12.5. The molecule has 1 aromatic heterocycles. The summed E-state index contributed by atoms with van der Waals surface area (Å²) in [6, 6.07) is 4.59. The molecule has 1 aliphatic heterocycles. The third-order valence-electron chi connectivity index (χ3n) is 5.37. The van der Waals surface area contributed by atoms with Gasteiger partial charge in [0, 0.05) is 17.8 Å². The Morgan fingerprint density at radius 1 is 1.33 bits per heavy atom. The largest absolute Gasteiger partial charge is 0.506 e. The average Bonchev–Trinajstić information content (AvgIpc) is 2.63. The van der Waals surface area contributed by atoms with Gasteiger partial charge in [-0.1, -0.05) is 18.5 Å². The number of aromatic hydroxyl groups is 1. The van der Waals surface area contributed by atoms with Crippen LogP contribution in [0.1, 0.15) is 56.1 Å². The molecule has 144 valence electrons. The number of aromatic nitrogens is 1. The van der Waals surface area contributed by atoms with Crippen LogP contribution in [0.15, 0.2) is 29.2 Å². The van der Waals surface area contributed by atoms with E-state index in [0.717, 1.165) is 17.5 Å². The van der Waals surface area contributed by atoms with Gasteiger partial charge < -0.3 is 14.9 Å². The summed E-state index contributed by atoms with van der Waals surface area (Å²) in [5.41, 5.74) is 1.49. The second-order valence-electron chi connectivity index (χ2n) is 7.35. The van der Waals surface area contributed by atoms with Crippen LogP contribution in [0, 0.1) is 0 Å². The lowest BCUT2D eigenvalue weighted by Crippen LogP contribution is -2.54. The first kappa shape index (κ1) is 19.3. The predicted molar refractivity (Wildman–Crippen MR) is 105 cm³/mol. The predicted octanol–water partition coefficient (Wildman–Crippen LogP) is 3.86. The van der Waals surface area contributed by atoms with Crippen LogP contribution in [0.2, 0.25) is 5.02 Å². The van der Waals surface area contributed by atoms with Gasteiger partial charge in [0.25, 0.3) is 0 Å². The molecule has 0 bridgehead atoms. The highest BCUT2D eigenvalue weighted by molar-refractivity contribution is 6.32. The lowest BCUT2D eigenvalue weighted by Gasteiger charge is -2.49. The standard InChI is InChI=1S/C20H23ClN2O4/c1-6-20(3,4)23-11(2)12-8-18(25)15(21)7-13(12)16-9-17(24)14(10-22(16)23)19(26)27-5/h7-11,25H,6H2,1-5H3/t11-/m1/s1. The van der Waals surface area contributed by atoms with Crippen molar-refractivity contribution in [1.82, 2.24) is 4.68 Å². The Balaban J connectivity index is 2.39. The maximum absolute atomic E-state index is 12.5. The molecule has 3 rings (SSSR count). The summed E-state index contributed by atoms with van der Waals surface area (Å²) >= 11 is 6.13. The van der Waals surface area contributed by atoms with Crippen LogP contribution in [-0.4, -0.2) is 28.4 Å². The molecule has 1 aromatic carbocycles. The summed E-state index contributed by atoms with van der Waals surface area (Å²) in [6.07, 6.45) is 2.35. The van der Waals surface area contributed by atoms with Crippen LogP contribution in [-0.2, 0) is 4.74 Å². The molecular formula is C20H23ClN2O4. The molecule has 0 fully saturated rings. The third-order valence-corrected chi connectivity index (χ3v) is 5.67. The first-order valence-electron chi connectivity index (χ1n) is 8.79. The van der Waals surface area contributed by atoms with Crippen molar-refractivity contribution < 1.29 is 14.6 Å². The number of rotatable bonds is 3. The SMILES string of the molecule is CCC(C)(C)N1[C@H](C)c2cc(O)c(Cl)cc2-c2cc(=O)c(C(=O)OC)cn21.